The third-order valence-corrected chi connectivity index (χ3v) is 9.13. The summed E-state index contributed by atoms with van der Waals surface area (Å²) in [6.45, 7) is 12.1. The molecule has 0 aromatic heterocycles. The van der Waals surface area contributed by atoms with Gasteiger partial charge in [-0.1, -0.05) is 31.2 Å². The van der Waals surface area contributed by atoms with Crippen LogP contribution in [0, 0.1) is 0 Å². The SMILES string of the molecule is CC=C(C)[Si](C)(CCC)N1CCCC1. The first kappa shape index (κ1) is 12.0. The lowest BCUT2D eigenvalue weighted by Crippen LogP contribution is -2.50. The van der Waals surface area contributed by atoms with Crippen molar-refractivity contribution in [2.45, 2.75) is 52.6 Å². The van der Waals surface area contributed by atoms with Gasteiger partial charge in [0.05, 0.1) is 0 Å². The van der Waals surface area contributed by atoms with Crippen LogP contribution in [0.25, 0.3) is 0 Å². The molecular weight excluding hydrogens is 186 g/mol. The van der Waals surface area contributed by atoms with Gasteiger partial charge in [-0.2, -0.15) is 0 Å². The Balaban J connectivity index is 2.79. The van der Waals surface area contributed by atoms with Crippen LogP contribution in [-0.2, 0) is 0 Å². The maximum Gasteiger partial charge on any atom is 0.152 e. The van der Waals surface area contributed by atoms with E-state index in [-0.39, 0.29) is 0 Å². The molecule has 0 radical (unpaired) electrons. The summed E-state index contributed by atoms with van der Waals surface area (Å²) >= 11 is 0. The highest BCUT2D eigenvalue weighted by atomic mass is 28.3. The van der Waals surface area contributed by atoms with Crippen molar-refractivity contribution >= 4 is 8.24 Å². The molecule has 1 heterocycles. The number of hydrogen-bond acceptors (Lipinski definition) is 1. The molecule has 14 heavy (non-hydrogen) atoms. The number of allylic oxidation sites excluding steroid dienone is 2. The molecule has 1 nitrogen and oxygen atoms in total. The van der Waals surface area contributed by atoms with E-state index in [1.165, 1.54) is 38.4 Å². The minimum atomic E-state index is -1.23. The van der Waals surface area contributed by atoms with Crippen molar-refractivity contribution in [3.63, 3.8) is 0 Å². The van der Waals surface area contributed by atoms with Crippen LogP contribution < -0.4 is 0 Å². The van der Waals surface area contributed by atoms with Gasteiger partial charge in [-0.25, -0.2) is 0 Å². The molecule has 0 spiro atoms. The Morgan fingerprint density at radius 2 is 1.93 bits per heavy atom. The molecule has 0 aromatic rings. The van der Waals surface area contributed by atoms with Crippen molar-refractivity contribution in [1.29, 1.82) is 0 Å². The van der Waals surface area contributed by atoms with E-state index in [1.807, 2.05) is 0 Å². The van der Waals surface area contributed by atoms with Gasteiger partial charge >= 0.3 is 0 Å². The summed E-state index contributed by atoms with van der Waals surface area (Å²) in [5.74, 6) is 0. The lowest BCUT2D eigenvalue weighted by molar-refractivity contribution is 0.517. The molecule has 0 amide bonds. The van der Waals surface area contributed by atoms with Gasteiger partial charge < -0.3 is 4.57 Å². The molecule has 1 rings (SSSR count). The number of nitrogens with zero attached hydrogens (tertiary/aromatic N) is 1. The average molecular weight is 211 g/mol. The Kier molecular flexibility index (Phi) is 4.39. The fourth-order valence-electron chi connectivity index (χ4n) is 2.61. The van der Waals surface area contributed by atoms with Crippen molar-refractivity contribution < 1.29 is 0 Å². The molecule has 0 N–H and O–H groups in total. The van der Waals surface area contributed by atoms with Crippen LogP contribution in [-0.4, -0.2) is 25.9 Å². The quantitative estimate of drug-likeness (QED) is 0.643. The van der Waals surface area contributed by atoms with Crippen LogP contribution >= 0.6 is 0 Å². The first-order valence-electron chi connectivity index (χ1n) is 6.03. The highest BCUT2D eigenvalue weighted by Gasteiger charge is 2.36. The molecule has 1 fully saturated rings. The molecule has 1 saturated heterocycles. The Hall–Kier alpha value is -0.0831. The second kappa shape index (κ2) is 5.13. The van der Waals surface area contributed by atoms with E-state index in [4.69, 9.17) is 0 Å². The summed E-state index contributed by atoms with van der Waals surface area (Å²) < 4.78 is 2.81. The van der Waals surface area contributed by atoms with E-state index in [9.17, 15) is 0 Å². The van der Waals surface area contributed by atoms with Crippen molar-refractivity contribution in [3.05, 3.63) is 11.3 Å². The highest BCUT2D eigenvalue weighted by Crippen LogP contribution is 2.28. The van der Waals surface area contributed by atoms with Gasteiger partial charge in [0, 0.05) is 0 Å². The number of rotatable bonds is 4. The fourth-order valence-corrected chi connectivity index (χ4v) is 6.72. The first-order valence-corrected chi connectivity index (χ1v) is 8.69. The monoisotopic (exact) mass is 211 g/mol. The van der Waals surface area contributed by atoms with Gasteiger partial charge in [-0.05, 0) is 45.8 Å². The zero-order chi connectivity index (χ0) is 10.6. The van der Waals surface area contributed by atoms with E-state index < -0.39 is 8.24 Å². The first-order chi connectivity index (χ1) is 6.65. The normalized spacial score (nSPS) is 23.9. The molecule has 0 aliphatic carbocycles. The van der Waals surface area contributed by atoms with Crippen LogP contribution in [0.15, 0.2) is 11.3 Å². The van der Waals surface area contributed by atoms with E-state index >= 15 is 0 Å². The van der Waals surface area contributed by atoms with E-state index in [2.05, 4.69) is 38.0 Å². The molecule has 1 unspecified atom stereocenters. The van der Waals surface area contributed by atoms with Crippen molar-refractivity contribution in [1.82, 2.24) is 4.57 Å². The summed E-state index contributed by atoms with van der Waals surface area (Å²) in [5.41, 5.74) is 0. The van der Waals surface area contributed by atoms with Gasteiger partial charge in [-0.3, -0.25) is 0 Å². The molecule has 1 aliphatic heterocycles. The van der Waals surface area contributed by atoms with Crippen molar-refractivity contribution in [2.24, 2.45) is 0 Å². The lowest BCUT2D eigenvalue weighted by atomic mass is 10.4. The standard InChI is InChI=1S/C12H25NSi/c1-5-11-14(4,12(3)6-2)13-9-7-8-10-13/h6H,5,7-11H2,1-4H3. The van der Waals surface area contributed by atoms with Crippen LogP contribution in [0.3, 0.4) is 0 Å². The van der Waals surface area contributed by atoms with Gasteiger partial charge in [0.1, 0.15) is 0 Å². The maximum absolute atomic E-state index is 2.81. The van der Waals surface area contributed by atoms with Crippen LogP contribution in [0.4, 0.5) is 0 Å². The Morgan fingerprint density at radius 3 is 2.36 bits per heavy atom. The largest absolute Gasteiger partial charge is 0.320 e. The van der Waals surface area contributed by atoms with E-state index in [1.54, 1.807) is 5.20 Å². The molecule has 82 valence electrons. The summed E-state index contributed by atoms with van der Waals surface area (Å²) in [6, 6.07) is 1.43. The summed E-state index contributed by atoms with van der Waals surface area (Å²) in [5, 5.41) is 1.68. The Bertz CT molecular complexity index is 206. The predicted molar refractivity (Wildman–Crippen MR) is 67.0 cm³/mol. The molecule has 2 heteroatoms. The summed E-state index contributed by atoms with van der Waals surface area (Å²) in [6.07, 6.45) is 6.53. The van der Waals surface area contributed by atoms with Gasteiger partial charge in [-0.15, -0.1) is 0 Å². The Morgan fingerprint density at radius 1 is 1.36 bits per heavy atom. The third kappa shape index (κ3) is 2.29. The third-order valence-electron chi connectivity index (χ3n) is 3.82. The lowest BCUT2D eigenvalue weighted by Gasteiger charge is -2.37. The van der Waals surface area contributed by atoms with E-state index in [0.29, 0.717) is 0 Å². The summed E-state index contributed by atoms with van der Waals surface area (Å²) in [7, 11) is -1.23. The predicted octanol–water partition coefficient (Wildman–Crippen LogP) is 3.57. The minimum Gasteiger partial charge on any atom is -0.320 e. The highest BCUT2D eigenvalue weighted by molar-refractivity contribution is 6.82. The molecule has 0 saturated carbocycles. The van der Waals surface area contributed by atoms with Crippen LogP contribution in [0.1, 0.15) is 40.0 Å². The molecule has 0 aromatic carbocycles. The second-order valence-corrected chi connectivity index (χ2v) is 9.16. The van der Waals surface area contributed by atoms with Crippen LogP contribution in [0.2, 0.25) is 12.6 Å². The zero-order valence-electron chi connectivity index (χ0n) is 10.3. The second-order valence-electron chi connectivity index (χ2n) is 4.69. The van der Waals surface area contributed by atoms with Gasteiger partial charge in [0.15, 0.2) is 8.24 Å². The summed E-state index contributed by atoms with van der Waals surface area (Å²) in [4.78, 5) is 0. The van der Waals surface area contributed by atoms with E-state index in [0.717, 1.165) is 0 Å². The molecular formula is C12H25NSi. The zero-order valence-corrected chi connectivity index (χ0v) is 11.3. The smallest absolute Gasteiger partial charge is 0.152 e. The molecule has 1 aliphatic rings. The number of hydrogen-bond donors (Lipinski definition) is 0. The maximum atomic E-state index is 2.81. The van der Waals surface area contributed by atoms with Gasteiger partial charge in [0.25, 0.3) is 0 Å². The topological polar surface area (TPSA) is 3.24 Å². The molecule has 1 atom stereocenters. The minimum absolute atomic E-state index is 1.23. The fraction of sp³-hybridized carbons (Fsp3) is 0.833. The average Bonchev–Trinajstić information content (AvgIpc) is 2.70. The van der Waals surface area contributed by atoms with Crippen LogP contribution in [0.5, 0.6) is 0 Å². The molecule has 0 bridgehead atoms. The van der Waals surface area contributed by atoms with Crippen molar-refractivity contribution in [3.8, 4) is 0 Å². The van der Waals surface area contributed by atoms with Gasteiger partial charge in [0.2, 0.25) is 0 Å². The van der Waals surface area contributed by atoms with Crippen molar-refractivity contribution in [2.75, 3.05) is 13.1 Å². The Labute approximate surface area is 90.3 Å².